The van der Waals surface area contributed by atoms with Crippen LogP contribution in [0.25, 0.3) is 0 Å². The molecule has 0 saturated carbocycles. The molecule has 0 fully saturated rings. The smallest absolute Gasteiger partial charge is 0.328 e. The summed E-state index contributed by atoms with van der Waals surface area (Å²) in [4.78, 5) is 23.3. The lowest BCUT2D eigenvalue weighted by Gasteiger charge is -2.24. The van der Waals surface area contributed by atoms with E-state index in [-0.39, 0.29) is 5.91 Å². The van der Waals surface area contributed by atoms with Crippen LogP contribution in [0.1, 0.15) is 36.2 Å². The second-order valence-electron chi connectivity index (χ2n) is 5.25. The number of hydrogen-bond acceptors (Lipinski definition) is 3. The number of carbonyl (C=O) groups excluding carboxylic acids is 1. The lowest BCUT2D eigenvalue weighted by Crippen LogP contribution is -2.49. The SMILES string of the molecule is CC(C)(NC(=O)c1cccc2c1CCCN2)C(=O)O. The maximum Gasteiger partial charge on any atom is 0.328 e. The molecule has 19 heavy (non-hydrogen) atoms. The molecule has 0 aliphatic carbocycles. The number of nitrogens with one attached hydrogen (secondary N) is 2. The van der Waals surface area contributed by atoms with E-state index < -0.39 is 11.5 Å². The molecule has 3 N–H and O–H groups in total. The van der Waals surface area contributed by atoms with Gasteiger partial charge in [0.15, 0.2) is 0 Å². The Balaban J connectivity index is 2.27. The Morgan fingerprint density at radius 3 is 2.79 bits per heavy atom. The minimum absolute atomic E-state index is 0.340. The first kappa shape index (κ1) is 13.4. The van der Waals surface area contributed by atoms with Gasteiger partial charge in [0.1, 0.15) is 5.54 Å². The fraction of sp³-hybridized carbons (Fsp3) is 0.429. The highest BCUT2D eigenvalue weighted by Crippen LogP contribution is 2.25. The summed E-state index contributed by atoms with van der Waals surface area (Å²) in [5.41, 5.74) is 1.21. The van der Waals surface area contributed by atoms with Gasteiger partial charge in [0.2, 0.25) is 0 Å². The Morgan fingerprint density at radius 2 is 2.11 bits per heavy atom. The van der Waals surface area contributed by atoms with E-state index in [2.05, 4.69) is 10.6 Å². The van der Waals surface area contributed by atoms with Gasteiger partial charge in [-0.25, -0.2) is 4.79 Å². The predicted molar refractivity (Wildman–Crippen MR) is 72.4 cm³/mol. The molecule has 1 amide bonds. The summed E-state index contributed by atoms with van der Waals surface area (Å²) in [5.74, 6) is -1.39. The zero-order valence-electron chi connectivity index (χ0n) is 11.1. The Labute approximate surface area is 112 Å². The van der Waals surface area contributed by atoms with E-state index in [0.717, 1.165) is 30.6 Å². The number of rotatable bonds is 3. The van der Waals surface area contributed by atoms with Gasteiger partial charge < -0.3 is 15.7 Å². The molecule has 0 spiro atoms. The molecule has 0 unspecified atom stereocenters. The maximum absolute atomic E-state index is 12.2. The van der Waals surface area contributed by atoms with Crippen molar-refractivity contribution < 1.29 is 14.7 Å². The molecule has 0 aromatic heterocycles. The van der Waals surface area contributed by atoms with Gasteiger partial charge in [0.05, 0.1) is 0 Å². The topological polar surface area (TPSA) is 78.4 Å². The normalized spacial score (nSPS) is 14.2. The third-order valence-electron chi connectivity index (χ3n) is 3.30. The van der Waals surface area contributed by atoms with Crippen LogP contribution < -0.4 is 10.6 Å². The fourth-order valence-corrected chi connectivity index (χ4v) is 2.13. The molecular weight excluding hydrogens is 244 g/mol. The Hall–Kier alpha value is -2.04. The van der Waals surface area contributed by atoms with Crippen LogP contribution in [0.4, 0.5) is 5.69 Å². The van der Waals surface area contributed by atoms with Crippen LogP contribution in [-0.4, -0.2) is 29.1 Å². The van der Waals surface area contributed by atoms with E-state index in [4.69, 9.17) is 5.11 Å². The summed E-state index contributed by atoms with van der Waals surface area (Å²) in [6, 6.07) is 5.48. The Morgan fingerprint density at radius 1 is 1.37 bits per heavy atom. The summed E-state index contributed by atoms with van der Waals surface area (Å²) in [7, 11) is 0. The van der Waals surface area contributed by atoms with Crippen molar-refractivity contribution in [1.29, 1.82) is 0 Å². The highest BCUT2D eigenvalue weighted by atomic mass is 16.4. The number of anilines is 1. The van der Waals surface area contributed by atoms with Crippen LogP contribution in [0.3, 0.4) is 0 Å². The van der Waals surface area contributed by atoms with Crippen molar-refractivity contribution in [2.45, 2.75) is 32.2 Å². The van der Waals surface area contributed by atoms with Crippen molar-refractivity contribution in [3.05, 3.63) is 29.3 Å². The van der Waals surface area contributed by atoms with Gasteiger partial charge in [-0.3, -0.25) is 4.79 Å². The van der Waals surface area contributed by atoms with E-state index in [9.17, 15) is 9.59 Å². The van der Waals surface area contributed by atoms with Crippen molar-refractivity contribution in [2.75, 3.05) is 11.9 Å². The molecular formula is C14H18N2O3. The molecule has 1 heterocycles. The van der Waals surface area contributed by atoms with Gasteiger partial charge in [-0.2, -0.15) is 0 Å². The van der Waals surface area contributed by atoms with E-state index in [0.29, 0.717) is 5.56 Å². The number of aliphatic carboxylic acids is 1. The van der Waals surface area contributed by atoms with E-state index in [1.165, 1.54) is 13.8 Å². The Bertz CT molecular complexity index is 523. The quantitative estimate of drug-likeness (QED) is 0.773. The van der Waals surface area contributed by atoms with Crippen LogP contribution in [0.5, 0.6) is 0 Å². The highest BCUT2D eigenvalue weighted by Gasteiger charge is 2.30. The van der Waals surface area contributed by atoms with Crippen LogP contribution in [0.15, 0.2) is 18.2 Å². The molecule has 102 valence electrons. The van der Waals surface area contributed by atoms with Gasteiger partial charge >= 0.3 is 5.97 Å². The van der Waals surface area contributed by atoms with Crippen molar-refractivity contribution in [2.24, 2.45) is 0 Å². The molecule has 1 aliphatic rings. The van der Waals surface area contributed by atoms with Gasteiger partial charge in [0, 0.05) is 17.8 Å². The summed E-state index contributed by atoms with van der Waals surface area (Å²) in [6.45, 7) is 3.85. The zero-order chi connectivity index (χ0) is 14.0. The average Bonchev–Trinajstić information content (AvgIpc) is 2.37. The van der Waals surface area contributed by atoms with Crippen LogP contribution in [0.2, 0.25) is 0 Å². The average molecular weight is 262 g/mol. The molecule has 0 atom stereocenters. The molecule has 0 radical (unpaired) electrons. The lowest BCUT2D eigenvalue weighted by atomic mass is 9.96. The van der Waals surface area contributed by atoms with Gasteiger partial charge in [-0.05, 0) is 44.4 Å². The largest absolute Gasteiger partial charge is 0.480 e. The number of carbonyl (C=O) groups is 2. The number of amides is 1. The van der Waals surface area contributed by atoms with E-state index in [1.807, 2.05) is 6.07 Å². The summed E-state index contributed by atoms with van der Waals surface area (Å²) in [6.07, 6.45) is 1.80. The minimum Gasteiger partial charge on any atom is -0.480 e. The second-order valence-corrected chi connectivity index (χ2v) is 5.25. The lowest BCUT2D eigenvalue weighted by molar-refractivity contribution is -0.143. The fourth-order valence-electron chi connectivity index (χ4n) is 2.13. The summed E-state index contributed by atoms with van der Waals surface area (Å²) < 4.78 is 0. The highest BCUT2D eigenvalue weighted by molar-refractivity contribution is 6.00. The molecule has 5 heteroatoms. The number of fused-ring (bicyclic) bond motifs is 1. The Kier molecular flexibility index (Phi) is 3.46. The molecule has 1 aromatic carbocycles. The first-order chi connectivity index (χ1) is 8.92. The van der Waals surface area contributed by atoms with Crippen LogP contribution in [-0.2, 0) is 11.2 Å². The molecule has 0 saturated heterocycles. The first-order valence-electron chi connectivity index (χ1n) is 6.33. The maximum atomic E-state index is 12.2. The molecule has 2 rings (SSSR count). The van der Waals surface area contributed by atoms with E-state index >= 15 is 0 Å². The van der Waals surface area contributed by atoms with Crippen molar-refractivity contribution in [3.8, 4) is 0 Å². The van der Waals surface area contributed by atoms with Gasteiger partial charge in [-0.15, -0.1) is 0 Å². The second kappa shape index (κ2) is 4.91. The predicted octanol–water partition coefficient (Wildman–Crippen LogP) is 1.64. The number of hydrogen-bond donors (Lipinski definition) is 3. The standard InChI is InChI=1S/C14H18N2O3/c1-14(2,13(18)19)16-12(17)10-5-3-7-11-9(10)6-4-8-15-11/h3,5,7,15H,4,6,8H2,1-2H3,(H,16,17)(H,18,19). The molecule has 1 aromatic rings. The molecule has 5 nitrogen and oxygen atoms in total. The van der Waals surface area contributed by atoms with Crippen molar-refractivity contribution in [3.63, 3.8) is 0 Å². The summed E-state index contributed by atoms with van der Waals surface area (Å²) >= 11 is 0. The van der Waals surface area contributed by atoms with Crippen LogP contribution >= 0.6 is 0 Å². The van der Waals surface area contributed by atoms with Gasteiger partial charge in [-0.1, -0.05) is 6.07 Å². The first-order valence-corrected chi connectivity index (χ1v) is 6.33. The number of carboxylic acid groups (broad SMARTS) is 1. The number of carboxylic acids is 1. The molecule has 0 bridgehead atoms. The minimum atomic E-state index is -1.28. The van der Waals surface area contributed by atoms with Crippen molar-refractivity contribution >= 4 is 17.6 Å². The number of benzene rings is 1. The van der Waals surface area contributed by atoms with Crippen molar-refractivity contribution in [1.82, 2.24) is 5.32 Å². The summed E-state index contributed by atoms with van der Waals surface area (Å²) in [5, 5.41) is 14.9. The molecule has 1 aliphatic heterocycles. The third kappa shape index (κ3) is 2.70. The van der Waals surface area contributed by atoms with E-state index in [1.54, 1.807) is 12.1 Å². The van der Waals surface area contributed by atoms with Crippen LogP contribution in [0, 0.1) is 0 Å². The third-order valence-corrected chi connectivity index (χ3v) is 3.30. The monoisotopic (exact) mass is 262 g/mol. The zero-order valence-corrected chi connectivity index (χ0v) is 11.1. The van der Waals surface area contributed by atoms with Gasteiger partial charge in [0.25, 0.3) is 5.91 Å².